The van der Waals surface area contributed by atoms with Gasteiger partial charge in [0, 0.05) is 6.42 Å². The van der Waals surface area contributed by atoms with Gasteiger partial charge in [-0.1, -0.05) is 66.6 Å². The van der Waals surface area contributed by atoms with Crippen LogP contribution >= 0.6 is 0 Å². The van der Waals surface area contributed by atoms with E-state index in [1.807, 2.05) is 60.7 Å². The number of halogens is 1. The Labute approximate surface area is 235 Å². The molecule has 2 N–H and O–H groups in total. The van der Waals surface area contributed by atoms with E-state index in [1.54, 1.807) is 13.8 Å². The van der Waals surface area contributed by atoms with Gasteiger partial charge in [-0.25, -0.2) is 4.98 Å². The molecule has 5 rings (SSSR count). The molecular formula is C30H28FN5O5. The predicted molar refractivity (Wildman–Crippen MR) is 147 cm³/mol. The molecule has 1 aliphatic heterocycles. The van der Waals surface area contributed by atoms with Crippen molar-refractivity contribution >= 4 is 28.9 Å². The number of carbonyl (C=O) groups excluding carboxylic acids is 2. The largest absolute Gasteiger partial charge is 0.461 e. The number of fused-ring (bicyclic) bond motifs is 1. The molecule has 3 heterocycles. The summed E-state index contributed by atoms with van der Waals surface area (Å²) in [6.45, 7) is 3.04. The van der Waals surface area contributed by atoms with Crippen molar-refractivity contribution in [2.75, 3.05) is 12.3 Å². The van der Waals surface area contributed by atoms with E-state index in [0.29, 0.717) is 0 Å². The Morgan fingerprint density at radius 1 is 1.10 bits per heavy atom. The molecule has 1 fully saturated rings. The lowest BCUT2D eigenvalue weighted by atomic mass is 9.97. The van der Waals surface area contributed by atoms with Crippen LogP contribution in [0.15, 0.2) is 67.0 Å². The number of hydrogen-bond donors (Lipinski definition) is 1. The van der Waals surface area contributed by atoms with E-state index in [2.05, 4.69) is 20.9 Å². The van der Waals surface area contributed by atoms with Crippen LogP contribution in [0.1, 0.15) is 49.5 Å². The van der Waals surface area contributed by atoms with Crippen molar-refractivity contribution in [3.63, 3.8) is 0 Å². The van der Waals surface area contributed by atoms with E-state index < -0.39 is 54.4 Å². The van der Waals surface area contributed by atoms with Crippen LogP contribution in [0.2, 0.25) is 0 Å². The summed E-state index contributed by atoms with van der Waals surface area (Å²) in [5.41, 5.74) is 5.93. The number of imidazole rings is 1. The average Bonchev–Trinajstić information content (AvgIpc) is 3.57. The quantitative estimate of drug-likeness (QED) is 0.195. The number of aromatic nitrogens is 4. The summed E-state index contributed by atoms with van der Waals surface area (Å²) >= 11 is 0. The average molecular weight is 558 g/mol. The summed E-state index contributed by atoms with van der Waals surface area (Å²) in [5.74, 6) is 0.163. The van der Waals surface area contributed by atoms with Crippen molar-refractivity contribution in [3.8, 4) is 12.3 Å². The van der Waals surface area contributed by atoms with Crippen LogP contribution in [0.3, 0.4) is 0 Å². The Morgan fingerprint density at radius 3 is 2.32 bits per heavy atom. The molecule has 0 aliphatic carbocycles. The van der Waals surface area contributed by atoms with Gasteiger partial charge in [0.2, 0.25) is 5.60 Å². The van der Waals surface area contributed by atoms with E-state index in [9.17, 15) is 14.0 Å². The van der Waals surface area contributed by atoms with Gasteiger partial charge in [0.05, 0.1) is 18.2 Å². The third kappa shape index (κ3) is 5.47. The number of rotatable bonds is 8. The second-order valence-corrected chi connectivity index (χ2v) is 9.84. The van der Waals surface area contributed by atoms with Crippen molar-refractivity contribution in [2.24, 2.45) is 0 Å². The molecule has 2 aromatic carbocycles. The third-order valence-corrected chi connectivity index (χ3v) is 7.25. The summed E-state index contributed by atoms with van der Waals surface area (Å²) in [4.78, 5) is 37.8. The first-order chi connectivity index (χ1) is 19.7. The number of terminal acetylenes is 1. The van der Waals surface area contributed by atoms with Gasteiger partial charge in [-0.3, -0.25) is 14.2 Å². The molecule has 0 saturated carbocycles. The van der Waals surface area contributed by atoms with Crippen LogP contribution in [0, 0.1) is 18.4 Å². The number of ether oxygens (including phenoxy) is 3. The summed E-state index contributed by atoms with van der Waals surface area (Å²) in [6, 6.07) is 18.3. The van der Waals surface area contributed by atoms with Gasteiger partial charge in [0.25, 0.3) is 0 Å². The molecular weight excluding hydrogens is 529 g/mol. The van der Waals surface area contributed by atoms with E-state index in [-0.39, 0.29) is 23.4 Å². The number of esters is 2. The van der Waals surface area contributed by atoms with Crippen LogP contribution in [0.25, 0.3) is 11.2 Å². The fraction of sp³-hybridized carbons (Fsp3) is 0.300. The van der Waals surface area contributed by atoms with Crippen LogP contribution in [0.4, 0.5) is 10.2 Å². The molecule has 5 atom stereocenters. The number of nitrogen functional groups attached to an aromatic ring is 1. The van der Waals surface area contributed by atoms with Crippen molar-refractivity contribution in [1.82, 2.24) is 19.5 Å². The lowest BCUT2D eigenvalue weighted by molar-refractivity contribution is -0.168. The lowest BCUT2D eigenvalue weighted by Gasteiger charge is -2.29. The fourth-order valence-corrected chi connectivity index (χ4v) is 4.77. The number of benzene rings is 2. The highest BCUT2D eigenvalue weighted by Crippen LogP contribution is 2.41. The number of hydrogen-bond acceptors (Lipinski definition) is 9. The highest BCUT2D eigenvalue weighted by molar-refractivity contribution is 5.81. The van der Waals surface area contributed by atoms with Crippen molar-refractivity contribution in [2.45, 2.75) is 50.0 Å². The van der Waals surface area contributed by atoms with Gasteiger partial charge >= 0.3 is 18.0 Å². The Balaban J connectivity index is 1.43. The molecule has 11 heteroatoms. The summed E-state index contributed by atoms with van der Waals surface area (Å²) in [7, 11) is 0. The number of nitrogens with two attached hydrogens (primary N) is 1. The van der Waals surface area contributed by atoms with Crippen LogP contribution in [-0.4, -0.2) is 49.8 Å². The van der Waals surface area contributed by atoms with Crippen molar-refractivity contribution in [3.05, 3.63) is 84.2 Å². The molecule has 0 amide bonds. The Kier molecular flexibility index (Phi) is 7.68. The molecule has 10 nitrogen and oxygen atoms in total. The minimum atomic E-state index is -1.66. The number of anilines is 1. The fourth-order valence-electron chi connectivity index (χ4n) is 4.77. The van der Waals surface area contributed by atoms with Gasteiger partial charge in [0.1, 0.15) is 18.9 Å². The zero-order valence-corrected chi connectivity index (χ0v) is 22.4. The van der Waals surface area contributed by atoms with Crippen LogP contribution in [0.5, 0.6) is 0 Å². The molecule has 2 aromatic heterocycles. The minimum absolute atomic E-state index is 0.0419. The number of nitrogens with zero attached hydrogens (tertiary/aromatic N) is 4. The maximum atomic E-state index is 14.0. The first-order valence-electron chi connectivity index (χ1n) is 13.0. The SMILES string of the molecule is C#C[C@]1(COC(=O)[C@@H](C)c2ccccc2)O[C@@H](n2cnc3c(N)nc(F)nc32)C[C@@H]1OC(=O)[C@@H](C)c1ccccc1. The lowest BCUT2D eigenvalue weighted by Crippen LogP contribution is -2.46. The van der Waals surface area contributed by atoms with Gasteiger partial charge in [-0.15, -0.1) is 6.42 Å². The molecule has 0 unspecified atom stereocenters. The van der Waals surface area contributed by atoms with Crippen molar-refractivity contribution < 1.29 is 28.2 Å². The topological polar surface area (TPSA) is 131 Å². The molecule has 0 spiro atoms. The van der Waals surface area contributed by atoms with Gasteiger partial charge in [0.15, 0.2) is 17.0 Å². The van der Waals surface area contributed by atoms with Gasteiger partial charge in [-0.05, 0) is 25.0 Å². The molecule has 4 aromatic rings. The second-order valence-electron chi connectivity index (χ2n) is 9.84. The predicted octanol–water partition coefficient (Wildman–Crippen LogP) is 3.90. The molecule has 1 aliphatic rings. The third-order valence-electron chi connectivity index (χ3n) is 7.25. The summed E-state index contributed by atoms with van der Waals surface area (Å²) in [6.07, 6.45) is 4.41. The first kappa shape index (κ1) is 27.7. The standard InChI is InChI=1S/C30H28FN5O5/c1-4-30(16-39-27(37)18(2)20-11-7-5-8-12-20)22(40-28(38)19(3)21-13-9-6-10-14-21)15-23(41-30)36-17-33-24-25(32)34-29(31)35-26(24)36/h1,5-14,17-19,22-23H,15-16H2,2-3H3,(H2,32,34,35)/t18-,19-,22-,23+,30+/m0/s1. The Morgan fingerprint density at radius 2 is 1.71 bits per heavy atom. The monoisotopic (exact) mass is 557 g/mol. The normalized spacial score (nSPS) is 21.6. The molecule has 0 radical (unpaired) electrons. The molecule has 1 saturated heterocycles. The zero-order valence-electron chi connectivity index (χ0n) is 22.4. The zero-order chi connectivity index (χ0) is 29.1. The minimum Gasteiger partial charge on any atom is -0.461 e. The summed E-state index contributed by atoms with van der Waals surface area (Å²) in [5, 5.41) is 0. The van der Waals surface area contributed by atoms with Gasteiger partial charge in [-0.2, -0.15) is 14.4 Å². The Bertz CT molecular complexity index is 1610. The highest BCUT2D eigenvalue weighted by atomic mass is 19.1. The molecule has 210 valence electrons. The van der Waals surface area contributed by atoms with Crippen LogP contribution < -0.4 is 5.73 Å². The highest BCUT2D eigenvalue weighted by Gasteiger charge is 2.53. The second kappa shape index (κ2) is 11.3. The maximum Gasteiger partial charge on any atom is 0.313 e. The Hall–Kier alpha value is -4.82. The number of carbonyl (C=O) groups is 2. The van der Waals surface area contributed by atoms with E-state index in [4.69, 9.17) is 26.4 Å². The molecule has 41 heavy (non-hydrogen) atoms. The van der Waals surface area contributed by atoms with E-state index in [1.165, 1.54) is 10.9 Å². The molecule has 0 bridgehead atoms. The maximum absolute atomic E-state index is 14.0. The van der Waals surface area contributed by atoms with E-state index >= 15 is 0 Å². The van der Waals surface area contributed by atoms with Gasteiger partial charge < -0.3 is 19.9 Å². The summed E-state index contributed by atoms with van der Waals surface area (Å²) < 4.78 is 33.3. The first-order valence-corrected chi connectivity index (χ1v) is 13.0. The van der Waals surface area contributed by atoms with E-state index in [0.717, 1.165) is 11.1 Å². The van der Waals surface area contributed by atoms with Crippen LogP contribution in [-0.2, 0) is 23.8 Å². The smallest absolute Gasteiger partial charge is 0.313 e. The van der Waals surface area contributed by atoms with Crippen molar-refractivity contribution in [1.29, 1.82) is 0 Å².